The van der Waals surface area contributed by atoms with Crippen molar-refractivity contribution in [1.82, 2.24) is 5.32 Å². The fraction of sp³-hybridized carbons (Fsp3) is 0.0588. The van der Waals surface area contributed by atoms with E-state index in [0.717, 1.165) is 18.2 Å². The summed E-state index contributed by atoms with van der Waals surface area (Å²) in [5.74, 6) is -1.25. The van der Waals surface area contributed by atoms with Gasteiger partial charge in [-0.05, 0) is 42.5 Å². The van der Waals surface area contributed by atoms with Gasteiger partial charge in [-0.15, -0.1) is 0 Å². The van der Waals surface area contributed by atoms with E-state index in [0.29, 0.717) is 11.4 Å². The second-order valence-corrected chi connectivity index (χ2v) is 5.06. The Hall–Kier alpha value is -3.75. The molecule has 0 saturated heterocycles. The molecule has 0 atom stereocenters. The van der Waals surface area contributed by atoms with E-state index in [1.54, 1.807) is 24.3 Å². The summed E-state index contributed by atoms with van der Waals surface area (Å²) in [6, 6.07) is 9.06. The first kappa shape index (κ1) is 18.6. The summed E-state index contributed by atoms with van der Waals surface area (Å²) in [5, 5.41) is 18.5. The van der Waals surface area contributed by atoms with Crippen molar-refractivity contribution >= 4 is 35.1 Å². The average molecular weight is 358 g/mol. The van der Waals surface area contributed by atoms with Gasteiger partial charge in [0.05, 0.1) is 16.6 Å². The molecule has 0 saturated carbocycles. The number of nitrogens with one attached hydrogen (secondary N) is 3. The summed E-state index contributed by atoms with van der Waals surface area (Å²) in [4.78, 5) is 33.3. The van der Waals surface area contributed by atoms with E-state index in [9.17, 15) is 24.1 Å². The number of nitro benzene ring substituents is 1. The quantitative estimate of drug-likeness (QED) is 0.433. The van der Waals surface area contributed by atoms with Crippen LogP contribution < -0.4 is 16.0 Å². The number of amides is 3. The standard InChI is InChI=1S/C17H15FN4O4/c1-19-17(24)21-14-7-5-13(6-8-14)20-16(23)9-3-11-2-4-12(18)10-15(11)22(25)26/h2-10H,1H3,(H,20,23)(H2,19,21,24). The lowest BCUT2D eigenvalue weighted by molar-refractivity contribution is -0.385. The zero-order chi connectivity index (χ0) is 19.1. The van der Waals surface area contributed by atoms with Crippen LogP contribution in [-0.2, 0) is 4.79 Å². The highest BCUT2D eigenvalue weighted by Crippen LogP contribution is 2.21. The van der Waals surface area contributed by atoms with Gasteiger partial charge in [-0.2, -0.15) is 0 Å². The maximum atomic E-state index is 13.1. The number of nitrogens with zero attached hydrogens (tertiary/aromatic N) is 1. The van der Waals surface area contributed by atoms with Crippen molar-refractivity contribution in [2.24, 2.45) is 0 Å². The van der Waals surface area contributed by atoms with Gasteiger partial charge < -0.3 is 16.0 Å². The van der Waals surface area contributed by atoms with E-state index in [4.69, 9.17) is 0 Å². The first-order chi connectivity index (χ1) is 12.4. The maximum absolute atomic E-state index is 13.1. The molecule has 0 fully saturated rings. The Labute approximate surface area is 147 Å². The third-order valence-corrected chi connectivity index (χ3v) is 3.24. The third-order valence-electron chi connectivity index (χ3n) is 3.24. The van der Waals surface area contributed by atoms with Crippen molar-refractivity contribution in [3.63, 3.8) is 0 Å². The van der Waals surface area contributed by atoms with E-state index in [2.05, 4.69) is 16.0 Å². The lowest BCUT2D eigenvalue weighted by Gasteiger charge is -2.06. The number of urea groups is 1. The molecule has 8 nitrogen and oxygen atoms in total. The van der Waals surface area contributed by atoms with Gasteiger partial charge in [0.1, 0.15) is 5.82 Å². The normalized spacial score (nSPS) is 10.4. The molecule has 0 spiro atoms. The zero-order valence-electron chi connectivity index (χ0n) is 13.7. The number of hydrogen-bond acceptors (Lipinski definition) is 4. The monoisotopic (exact) mass is 358 g/mol. The first-order valence-corrected chi connectivity index (χ1v) is 7.41. The Balaban J connectivity index is 2.04. The number of rotatable bonds is 5. The highest BCUT2D eigenvalue weighted by molar-refractivity contribution is 6.02. The second-order valence-electron chi connectivity index (χ2n) is 5.06. The zero-order valence-corrected chi connectivity index (χ0v) is 13.7. The van der Waals surface area contributed by atoms with E-state index in [-0.39, 0.29) is 11.6 Å². The van der Waals surface area contributed by atoms with E-state index in [1.165, 1.54) is 19.2 Å². The molecule has 0 heterocycles. The number of carbonyl (C=O) groups excluding carboxylic acids is 2. The summed E-state index contributed by atoms with van der Waals surface area (Å²) in [6.45, 7) is 0. The number of carbonyl (C=O) groups is 2. The number of nitro groups is 1. The van der Waals surface area contributed by atoms with Crippen molar-refractivity contribution in [2.75, 3.05) is 17.7 Å². The van der Waals surface area contributed by atoms with Crippen LogP contribution in [0, 0.1) is 15.9 Å². The molecule has 0 aliphatic carbocycles. The minimum atomic E-state index is -0.733. The Morgan fingerprint density at radius 2 is 1.69 bits per heavy atom. The van der Waals surface area contributed by atoms with Crippen LogP contribution in [0.5, 0.6) is 0 Å². The Kier molecular flexibility index (Phi) is 5.99. The molecule has 0 aliphatic rings. The summed E-state index contributed by atoms with van der Waals surface area (Å²) < 4.78 is 13.1. The van der Waals surface area contributed by atoms with Gasteiger partial charge >= 0.3 is 6.03 Å². The largest absolute Gasteiger partial charge is 0.341 e. The molecule has 0 aromatic heterocycles. The van der Waals surface area contributed by atoms with Gasteiger partial charge in [-0.25, -0.2) is 9.18 Å². The average Bonchev–Trinajstić information content (AvgIpc) is 2.62. The topological polar surface area (TPSA) is 113 Å². The molecule has 2 rings (SSSR count). The number of anilines is 2. The lowest BCUT2D eigenvalue weighted by Crippen LogP contribution is -2.24. The van der Waals surface area contributed by atoms with Crippen molar-refractivity contribution in [3.8, 4) is 0 Å². The molecule has 3 N–H and O–H groups in total. The van der Waals surface area contributed by atoms with Gasteiger partial charge in [0.15, 0.2) is 0 Å². The molecule has 2 aromatic rings. The van der Waals surface area contributed by atoms with Crippen LogP contribution >= 0.6 is 0 Å². The predicted molar refractivity (Wildman–Crippen MR) is 95.2 cm³/mol. The fourth-order valence-corrected chi connectivity index (χ4v) is 2.00. The molecule has 26 heavy (non-hydrogen) atoms. The summed E-state index contributed by atoms with van der Waals surface area (Å²) in [7, 11) is 1.49. The van der Waals surface area contributed by atoms with E-state index >= 15 is 0 Å². The number of hydrogen-bond donors (Lipinski definition) is 3. The highest BCUT2D eigenvalue weighted by Gasteiger charge is 2.12. The van der Waals surface area contributed by atoms with E-state index < -0.39 is 22.3 Å². The molecule has 3 amide bonds. The molecule has 0 unspecified atom stereocenters. The molecule has 9 heteroatoms. The molecule has 2 aromatic carbocycles. The van der Waals surface area contributed by atoms with Gasteiger partial charge in [0, 0.05) is 24.5 Å². The molecule has 134 valence electrons. The molecule has 0 bridgehead atoms. The van der Waals surface area contributed by atoms with Crippen molar-refractivity contribution < 1.29 is 18.9 Å². The van der Waals surface area contributed by atoms with Crippen LogP contribution in [0.25, 0.3) is 6.08 Å². The highest BCUT2D eigenvalue weighted by atomic mass is 19.1. The third kappa shape index (κ3) is 5.13. The van der Waals surface area contributed by atoms with Gasteiger partial charge in [-0.3, -0.25) is 14.9 Å². The van der Waals surface area contributed by atoms with Crippen LogP contribution in [0.15, 0.2) is 48.5 Å². The van der Waals surface area contributed by atoms with Crippen LogP contribution in [0.1, 0.15) is 5.56 Å². The van der Waals surface area contributed by atoms with Crippen LogP contribution in [0.4, 0.5) is 26.2 Å². The minimum absolute atomic E-state index is 0.108. The van der Waals surface area contributed by atoms with Crippen molar-refractivity contribution in [1.29, 1.82) is 0 Å². The SMILES string of the molecule is CNC(=O)Nc1ccc(NC(=O)C=Cc2ccc(F)cc2[N+](=O)[O-])cc1. The van der Waals surface area contributed by atoms with Crippen LogP contribution in [0.2, 0.25) is 0 Å². The predicted octanol–water partition coefficient (Wildman–Crippen LogP) is 3.14. The number of benzene rings is 2. The smallest absolute Gasteiger partial charge is 0.318 e. The molecule has 0 radical (unpaired) electrons. The first-order valence-electron chi connectivity index (χ1n) is 7.41. The summed E-state index contributed by atoms with van der Waals surface area (Å²) >= 11 is 0. The van der Waals surface area contributed by atoms with Gasteiger partial charge in [0.25, 0.3) is 5.69 Å². The fourth-order valence-electron chi connectivity index (χ4n) is 2.00. The van der Waals surface area contributed by atoms with Crippen LogP contribution in [-0.4, -0.2) is 23.9 Å². The minimum Gasteiger partial charge on any atom is -0.341 e. The van der Waals surface area contributed by atoms with Crippen molar-refractivity contribution in [3.05, 3.63) is 70.0 Å². The summed E-state index contributed by atoms with van der Waals surface area (Å²) in [5.41, 5.74) is 0.686. The second kappa shape index (κ2) is 8.38. The summed E-state index contributed by atoms with van der Waals surface area (Å²) in [6.07, 6.45) is 2.34. The maximum Gasteiger partial charge on any atom is 0.318 e. The molecular formula is C17H15FN4O4. The lowest BCUT2D eigenvalue weighted by atomic mass is 10.1. The Morgan fingerprint density at radius 3 is 2.27 bits per heavy atom. The molecule has 0 aliphatic heterocycles. The van der Waals surface area contributed by atoms with Gasteiger partial charge in [0.2, 0.25) is 5.91 Å². The van der Waals surface area contributed by atoms with Crippen molar-refractivity contribution in [2.45, 2.75) is 0 Å². The Morgan fingerprint density at radius 1 is 1.08 bits per heavy atom. The molecular weight excluding hydrogens is 343 g/mol. The van der Waals surface area contributed by atoms with Gasteiger partial charge in [-0.1, -0.05) is 0 Å². The number of halogens is 1. The van der Waals surface area contributed by atoms with Crippen LogP contribution in [0.3, 0.4) is 0 Å². The van der Waals surface area contributed by atoms with E-state index in [1.807, 2.05) is 0 Å². The Bertz CT molecular complexity index is 866.